The number of anilines is 1. The number of carbonyl (C=O) groups excluding carboxylic acids is 1. The SMILES string of the molecule is COc1cc(NC(=O)C2(N)CC2)c(OC)c(C)c1C. The predicted octanol–water partition coefficient (Wildman–Crippen LogP) is 1.75. The molecule has 0 spiro atoms. The van der Waals surface area contributed by atoms with E-state index in [4.69, 9.17) is 15.2 Å². The van der Waals surface area contributed by atoms with E-state index in [1.54, 1.807) is 20.3 Å². The van der Waals surface area contributed by atoms with E-state index >= 15 is 0 Å². The van der Waals surface area contributed by atoms with Crippen LogP contribution in [0.15, 0.2) is 6.07 Å². The highest BCUT2D eigenvalue weighted by atomic mass is 16.5. The molecule has 19 heavy (non-hydrogen) atoms. The smallest absolute Gasteiger partial charge is 0.244 e. The summed E-state index contributed by atoms with van der Waals surface area (Å²) < 4.78 is 10.7. The molecule has 1 aromatic rings. The molecule has 0 aliphatic heterocycles. The first-order chi connectivity index (χ1) is 8.92. The Morgan fingerprint density at radius 2 is 1.89 bits per heavy atom. The van der Waals surface area contributed by atoms with Crippen LogP contribution in [0.4, 0.5) is 5.69 Å². The number of nitrogens with one attached hydrogen (secondary N) is 1. The van der Waals surface area contributed by atoms with Gasteiger partial charge in [0, 0.05) is 6.07 Å². The number of rotatable bonds is 4. The van der Waals surface area contributed by atoms with Crippen molar-refractivity contribution in [2.45, 2.75) is 32.2 Å². The summed E-state index contributed by atoms with van der Waals surface area (Å²) in [5.74, 6) is 1.20. The van der Waals surface area contributed by atoms with Gasteiger partial charge in [-0.15, -0.1) is 0 Å². The molecule has 0 heterocycles. The number of amides is 1. The Hall–Kier alpha value is -1.75. The monoisotopic (exact) mass is 264 g/mol. The molecule has 1 amide bonds. The third kappa shape index (κ3) is 2.38. The Morgan fingerprint density at radius 3 is 2.37 bits per heavy atom. The fourth-order valence-electron chi connectivity index (χ4n) is 2.04. The van der Waals surface area contributed by atoms with E-state index in [-0.39, 0.29) is 5.91 Å². The summed E-state index contributed by atoms with van der Waals surface area (Å²) in [6, 6.07) is 1.77. The maximum absolute atomic E-state index is 12.0. The Labute approximate surface area is 113 Å². The molecule has 0 atom stereocenters. The maximum Gasteiger partial charge on any atom is 0.244 e. The second-order valence-electron chi connectivity index (χ2n) is 5.02. The van der Waals surface area contributed by atoms with E-state index < -0.39 is 5.54 Å². The van der Waals surface area contributed by atoms with Gasteiger partial charge in [0.2, 0.25) is 5.91 Å². The highest BCUT2D eigenvalue weighted by Gasteiger charge is 2.46. The van der Waals surface area contributed by atoms with Gasteiger partial charge >= 0.3 is 0 Å². The van der Waals surface area contributed by atoms with Crippen molar-refractivity contribution in [1.82, 2.24) is 0 Å². The maximum atomic E-state index is 12.0. The van der Waals surface area contributed by atoms with Gasteiger partial charge in [-0.2, -0.15) is 0 Å². The second kappa shape index (κ2) is 4.74. The van der Waals surface area contributed by atoms with Crippen molar-refractivity contribution in [3.8, 4) is 11.5 Å². The van der Waals surface area contributed by atoms with Crippen LogP contribution in [0.25, 0.3) is 0 Å². The van der Waals surface area contributed by atoms with Crippen molar-refractivity contribution in [1.29, 1.82) is 0 Å². The molecule has 1 aliphatic carbocycles. The molecule has 0 bridgehead atoms. The molecule has 2 rings (SSSR count). The van der Waals surface area contributed by atoms with Gasteiger partial charge in [0.15, 0.2) is 0 Å². The standard InChI is InChI=1S/C14H20N2O3/c1-8-9(2)12(19-4)10(7-11(8)18-3)16-13(17)14(15)5-6-14/h7H,5-6,15H2,1-4H3,(H,16,17). The van der Waals surface area contributed by atoms with E-state index in [1.165, 1.54) is 0 Å². The van der Waals surface area contributed by atoms with E-state index in [1.807, 2.05) is 13.8 Å². The van der Waals surface area contributed by atoms with Crippen molar-refractivity contribution in [3.63, 3.8) is 0 Å². The minimum Gasteiger partial charge on any atom is -0.496 e. The van der Waals surface area contributed by atoms with Crippen LogP contribution in [0.5, 0.6) is 11.5 Å². The van der Waals surface area contributed by atoms with Crippen LogP contribution in [0.1, 0.15) is 24.0 Å². The highest BCUT2D eigenvalue weighted by molar-refractivity contribution is 6.01. The molecule has 3 N–H and O–H groups in total. The van der Waals surface area contributed by atoms with Crippen LogP contribution in [-0.2, 0) is 4.79 Å². The van der Waals surface area contributed by atoms with Crippen molar-refractivity contribution in [2.24, 2.45) is 5.73 Å². The minimum atomic E-state index is -0.711. The average molecular weight is 264 g/mol. The van der Waals surface area contributed by atoms with Crippen molar-refractivity contribution in [3.05, 3.63) is 17.2 Å². The number of ether oxygens (including phenoxy) is 2. The summed E-state index contributed by atoms with van der Waals surface area (Å²) >= 11 is 0. The molecule has 5 heteroatoms. The fourth-order valence-corrected chi connectivity index (χ4v) is 2.04. The summed E-state index contributed by atoms with van der Waals surface area (Å²) in [4.78, 5) is 12.0. The largest absolute Gasteiger partial charge is 0.496 e. The zero-order chi connectivity index (χ0) is 14.2. The summed E-state index contributed by atoms with van der Waals surface area (Å²) in [6.07, 6.45) is 1.45. The van der Waals surface area contributed by atoms with E-state index in [0.29, 0.717) is 11.4 Å². The zero-order valence-corrected chi connectivity index (χ0v) is 11.8. The fraction of sp³-hybridized carbons (Fsp3) is 0.500. The number of benzene rings is 1. The molecule has 5 nitrogen and oxygen atoms in total. The molecule has 0 aromatic heterocycles. The summed E-state index contributed by atoms with van der Waals surface area (Å²) in [6.45, 7) is 3.88. The van der Waals surface area contributed by atoms with E-state index in [0.717, 1.165) is 29.7 Å². The number of hydrogen-bond donors (Lipinski definition) is 2. The van der Waals surface area contributed by atoms with Crippen molar-refractivity contribution < 1.29 is 14.3 Å². The molecule has 1 aromatic carbocycles. The van der Waals surface area contributed by atoms with Crippen LogP contribution < -0.4 is 20.5 Å². The topological polar surface area (TPSA) is 73.6 Å². The van der Waals surface area contributed by atoms with Gasteiger partial charge in [-0.05, 0) is 37.8 Å². The molecule has 1 aliphatic rings. The van der Waals surface area contributed by atoms with E-state index in [9.17, 15) is 4.79 Å². The van der Waals surface area contributed by atoms with Gasteiger partial charge in [-0.1, -0.05) is 0 Å². The van der Waals surface area contributed by atoms with Crippen LogP contribution in [0, 0.1) is 13.8 Å². The third-order valence-corrected chi connectivity index (χ3v) is 3.71. The molecule has 1 fully saturated rings. The van der Waals surface area contributed by atoms with Crippen molar-refractivity contribution >= 4 is 11.6 Å². The minimum absolute atomic E-state index is 0.170. The zero-order valence-electron chi connectivity index (χ0n) is 11.8. The van der Waals surface area contributed by atoms with Crippen LogP contribution in [0.3, 0.4) is 0 Å². The molecule has 0 radical (unpaired) electrons. The van der Waals surface area contributed by atoms with Gasteiger partial charge in [0.05, 0.1) is 25.4 Å². The van der Waals surface area contributed by atoms with E-state index in [2.05, 4.69) is 5.32 Å². The van der Waals surface area contributed by atoms with Gasteiger partial charge in [-0.25, -0.2) is 0 Å². The summed E-state index contributed by atoms with van der Waals surface area (Å²) in [7, 11) is 3.18. The normalized spacial score (nSPS) is 15.8. The Morgan fingerprint density at radius 1 is 1.26 bits per heavy atom. The second-order valence-corrected chi connectivity index (χ2v) is 5.02. The molecule has 104 valence electrons. The lowest BCUT2D eigenvalue weighted by atomic mass is 10.1. The summed E-state index contributed by atoms with van der Waals surface area (Å²) in [5.41, 5.74) is 7.71. The predicted molar refractivity (Wildman–Crippen MR) is 73.8 cm³/mol. The molecular formula is C14H20N2O3. The summed E-state index contributed by atoms with van der Waals surface area (Å²) in [5, 5.41) is 2.84. The highest BCUT2D eigenvalue weighted by Crippen LogP contribution is 2.39. The number of nitrogens with two attached hydrogens (primary N) is 1. The van der Waals surface area contributed by atoms with Gasteiger partial charge in [0.1, 0.15) is 11.5 Å². The number of methoxy groups -OCH3 is 2. The number of carbonyl (C=O) groups is 1. The van der Waals surface area contributed by atoms with Crippen LogP contribution >= 0.6 is 0 Å². The first-order valence-corrected chi connectivity index (χ1v) is 6.25. The Balaban J connectivity index is 2.38. The first-order valence-electron chi connectivity index (χ1n) is 6.25. The lowest BCUT2D eigenvalue weighted by molar-refractivity contribution is -0.118. The van der Waals surface area contributed by atoms with Gasteiger partial charge in [-0.3, -0.25) is 4.79 Å². The van der Waals surface area contributed by atoms with Gasteiger partial charge < -0.3 is 20.5 Å². The first kappa shape index (κ1) is 13.7. The lowest BCUT2D eigenvalue weighted by Crippen LogP contribution is -2.37. The molecule has 0 saturated heterocycles. The van der Waals surface area contributed by atoms with Crippen LogP contribution in [0.2, 0.25) is 0 Å². The van der Waals surface area contributed by atoms with Crippen LogP contribution in [-0.4, -0.2) is 25.7 Å². The molecule has 1 saturated carbocycles. The Kier molecular flexibility index (Phi) is 3.41. The third-order valence-electron chi connectivity index (χ3n) is 3.71. The number of hydrogen-bond acceptors (Lipinski definition) is 4. The van der Waals surface area contributed by atoms with Gasteiger partial charge in [0.25, 0.3) is 0 Å². The molecule has 0 unspecified atom stereocenters. The average Bonchev–Trinajstić information content (AvgIpc) is 3.13. The van der Waals surface area contributed by atoms with Crippen molar-refractivity contribution in [2.75, 3.05) is 19.5 Å². The quantitative estimate of drug-likeness (QED) is 0.869. The molecular weight excluding hydrogens is 244 g/mol. The lowest BCUT2D eigenvalue weighted by Gasteiger charge is -2.18. The Bertz CT molecular complexity index is 522.